The summed E-state index contributed by atoms with van der Waals surface area (Å²) in [5.41, 5.74) is 5.16. The second-order valence-electron chi connectivity index (χ2n) is 3.27. The summed E-state index contributed by atoms with van der Waals surface area (Å²) in [7, 11) is 0. The average molecular weight is 263 g/mol. The van der Waals surface area contributed by atoms with Crippen LogP contribution in [-0.2, 0) is 4.79 Å². The summed E-state index contributed by atoms with van der Waals surface area (Å²) < 4.78 is 52.9. The minimum Gasteiger partial charge on any atom is -0.428 e. The van der Waals surface area contributed by atoms with Crippen LogP contribution in [0.5, 0.6) is 5.75 Å². The van der Waals surface area contributed by atoms with Gasteiger partial charge in [0.1, 0.15) is 5.75 Å². The maximum atomic E-state index is 12.6. The van der Waals surface area contributed by atoms with Gasteiger partial charge in [-0.3, -0.25) is 4.79 Å². The van der Waals surface area contributed by atoms with Gasteiger partial charge in [0.2, 0.25) is 5.91 Å². The topological polar surface area (TPSA) is 52.3 Å². The highest BCUT2D eigenvalue weighted by atomic mass is 19.3. The van der Waals surface area contributed by atoms with E-state index in [0.717, 1.165) is 18.2 Å². The van der Waals surface area contributed by atoms with Crippen LogP contribution in [0.4, 0.5) is 17.6 Å². The Morgan fingerprint density at radius 3 is 2.61 bits per heavy atom. The van der Waals surface area contributed by atoms with E-state index in [2.05, 4.69) is 4.74 Å². The van der Waals surface area contributed by atoms with Crippen LogP contribution in [-0.4, -0.2) is 18.4 Å². The molecule has 98 valence electrons. The van der Waals surface area contributed by atoms with Crippen LogP contribution in [0.25, 0.3) is 6.08 Å². The molecule has 7 heteroatoms. The molecule has 0 unspecified atom stereocenters. The smallest absolute Gasteiger partial charge is 0.428 e. The van der Waals surface area contributed by atoms with Crippen molar-refractivity contribution in [3.05, 3.63) is 35.9 Å². The van der Waals surface area contributed by atoms with Crippen LogP contribution in [0.1, 0.15) is 5.56 Å². The first-order chi connectivity index (χ1) is 8.31. The number of alkyl halides is 4. The number of benzene rings is 1. The van der Waals surface area contributed by atoms with Gasteiger partial charge in [0.25, 0.3) is 0 Å². The molecule has 0 radical (unpaired) electrons. The monoisotopic (exact) mass is 263 g/mol. The lowest BCUT2D eigenvalue weighted by Gasteiger charge is -2.16. The lowest BCUT2D eigenvalue weighted by molar-refractivity contribution is -0.253. The van der Waals surface area contributed by atoms with Crippen molar-refractivity contribution in [3.8, 4) is 5.75 Å². The highest BCUT2D eigenvalue weighted by Gasteiger charge is 2.43. The Labute approximate surface area is 99.8 Å². The van der Waals surface area contributed by atoms with E-state index in [4.69, 9.17) is 5.73 Å². The molecule has 1 aromatic carbocycles. The number of nitrogens with two attached hydrogens (primary N) is 1. The first kappa shape index (κ1) is 14.0. The predicted octanol–water partition coefficient (Wildman–Crippen LogP) is 2.42. The number of hydrogen-bond donors (Lipinski definition) is 1. The lowest BCUT2D eigenvalue weighted by Crippen LogP contribution is -2.33. The first-order valence-corrected chi connectivity index (χ1v) is 4.74. The quantitative estimate of drug-likeness (QED) is 0.655. The molecule has 0 aromatic heterocycles. The van der Waals surface area contributed by atoms with Crippen molar-refractivity contribution in [1.82, 2.24) is 0 Å². The maximum Gasteiger partial charge on any atom is 0.461 e. The minimum absolute atomic E-state index is 0.316. The maximum absolute atomic E-state index is 12.6. The minimum atomic E-state index is -4.56. The third-order valence-corrected chi connectivity index (χ3v) is 1.81. The van der Waals surface area contributed by atoms with Gasteiger partial charge in [-0.05, 0) is 23.8 Å². The number of halogens is 4. The van der Waals surface area contributed by atoms with Gasteiger partial charge >= 0.3 is 12.5 Å². The molecule has 0 bridgehead atoms. The van der Waals surface area contributed by atoms with Gasteiger partial charge in [-0.1, -0.05) is 12.1 Å². The lowest BCUT2D eigenvalue weighted by atomic mass is 10.2. The molecule has 0 spiro atoms. The molecule has 1 amide bonds. The van der Waals surface area contributed by atoms with Crippen LogP contribution in [0, 0.1) is 0 Å². The third kappa shape index (κ3) is 4.08. The predicted molar refractivity (Wildman–Crippen MR) is 56.2 cm³/mol. The molecule has 0 aliphatic heterocycles. The van der Waals surface area contributed by atoms with Crippen LogP contribution < -0.4 is 10.5 Å². The molecule has 3 nitrogen and oxygen atoms in total. The second kappa shape index (κ2) is 5.52. The van der Waals surface area contributed by atoms with Crippen molar-refractivity contribution in [2.24, 2.45) is 5.73 Å². The Kier molecular flexibility index (Phi) is 4.30. The van der Waals surface area contributed by atoms with Crippen molar-refractivity contribution in [1.29, 1.82) is 0 Å². The summed E-state index contributed by atoms with van der Waals surface area (Å²) in [5.74, 6) is -1.16. The molecular formula is C11H9F4NO2. The SMILES string of the molecule is NC(=O)C=Cc1cccc(OC(F)(F)C(F)F)c1. The molecule has 18 heavy (non-hydrogen) atoms. The Hall–Kier alpha value is -2.05. The Balaban J connectivity index is 2.86. The van der Waals surface area contributed by atoms with Crippen molar-refractivity contribution in [3.63, 3.8) is 0 Å². The second-order valence-corrected chi connectivity index (χ2v) is 3.27. The number of carbonyl (C=O) groups is 1. The molecule has 0 aliphatic rings. The Morgan fingerprint density at radius 1 is 1.39 bits per heavy atom. The van der Waals surface area contributed by atoms with E-state index in [0.29, 0.717) is 5.56 Å². The Morgan fingerprint density at radius 2 is 2.06 bits per heavy atom. The zero-order valence-electron chi connectivity index (χ0n) is 8.95. The first-order valence-electron chi connectivity index (χ1n) is 4.74. The molecule has 0 saturated heterocycles. The van der Waals surface area contributed by atoms with E-state index in [1.165, 1.54) is 18.2 Å². The van der Waals surface area contributed by atoms with Crippen molar-refractivity contribution < 1.29 is 27.1 Å². The third-order valence-electron chi connectivity index (χ3n) is 1.81. The van der Waals surface area contributed by atoms with E-state index < -0.39 is 24.2 Å². The molecule has 1 aromatic rings. The summed E-state index contributed by atoms with van der Waals surface area (Å²) >= 11 is 0. The number of hydrogen-bond acceptors (Lipinski definition) is 2. The molecule has 0 atom stereocenters. The van der Waals surface area contributed by atoms with Crippen LogP contribution in [0.2, 0.25) is 0 Å². The van der Waals surface area contributed by atoms with Gasteiger partial charge in [-0.25, -0.2) is 0 Å². The van der Waals surface area contributed by atoms with E-state index in [1.54, 1.807) is 0 Å². The Bertz CT molecular complexity index is 460. The number of ether oxygens (including phenoxy) is 1. The molecule has 1 rings (SSSR count). The molecule has 0 saturated carbocycles. The summed E-state index contributed by atoms with van der Waals surface area (Å²) in [6.07, 6.45) is -6.24. The van der Waals surface area contributed by atoms with Crippen LogP contribution in [0.15, 0.2) is 30.3 Å². The van der Waals surface area contributed by atoms with E-state index in [-0.39, 0.29) is 0 Å². The number of rotatable bonds is 5. The standard InChI is InChI=1S/C11H9F4NO2/c12-10(13)11(14,15)18-8-3-1-2-7(6-8)4-5-9(16)17/h1-6,10H,(H2,16,17). The van der Waals surface area contributed by atoms with Crippen LogP contribution in [0.3, 0.4) is 0 Å². The summed E-state index contributed by atoms with van der Waals surface area (Å²) in [6, 6.07) is 4.96. The molecular weight excluding hydrogens is 254 g/mol. The summed E-state index contributed by atoms with van der Waals surface area (Å²) in [4.78, 5) is 10.5. The van der Waals surface area contributed by atoms with Gasteiger partial charge in [0, 0.05) is 6.08 Å². The molecule has 0 aliphatic carbocycles. The van der Waals surface area contributed by atoms with E-state index in [1.807, 2.05) is 0 Å². The van der Waals surface area contributed by atoms with Crippen molar-refractivity contribution in [2.45, 2.75) is 12.5 Å². The fraction of sp³-hybridized carbons (Fsp3) is 0.182. The van der Waals surface area contributed by atoms with Gasteiger partial charge in [0.15, 0.2) is 0 Å². The fourth-order valence-corrected chi connectivity index (χ4v) is 1.06. The molecule has 0 fully saturated rings. The number of carbonyl (C=O) groups excluding carboxylic acids is 1. The zero-order valence-corrected chi connectivity index (χ0v) is 8.95. The zero-order chi connectivity index (χ0) is 13.8. The molecule has 2 N–H and O–H groups in total. The van der Waals surface area contributed by atoms with Gasteiger partial charge < -0.3 is 10.5 Å². The highest BCUT2D eigenvalue weighted by molar-refractivity contribution is 5.90. The summed E-state index contributed by atoms with van der Waals surface area (Å²) in [5, 5.41) is 0. The van der Waals surface area contributed by atoms with Gasteiger partial charge in [-0.2, -0.15) is 17.6 Å². The van der Waals surface area contributed by atoms with Gasteiger partial charge in [-0.15, -0.1) is 0 Å². The van der Waals surface area contributed by atoms with Crippen molar-refractivity contribution >= 4 is 12.0 Å². The molecule has 0 heterocycles. The largest absolute Gasteiger partial charge is 0.461 e. The summed E-state index contributed by atoms with van der Waals surface area (Å²) in [6.45, 7) is 0. The van der Waals surface area contributed by atoms with E-state index in [9.17, 15) is 22.4 Å². The van der Waals surface area contributed by atoms with Crippen molar-refractivity contribution in [2.75, 3.05) is 0 Å². The number of primary amides is 1. The fourth-order valence-electron chi connectivity index (χ4n) is 1.06. The van der Waals surface area contributed by atoms with Crippen LogP contribution >= 0.6 is 0 Å². The van der Waals surface area contributed by atoms with Gasteiger partial charge in [0.05, 0.1) is 0 Å². The number of amides is 1. The highest BCUT2D eigenvalue weighted by Crippen LogP contribution is 2.27. The van der Waals surface area contributed by atoms with E-state index >= 15 is 0 Å². The average Bonchev–Trinajstić information content (AvgIpc) is 2.26. The normalized spacial score (nSPS) is 12.1.